The fraction of sp³-hybridized carbons (Fsp3) is 0.480. The lowest BCUT2D eigenvalue weighted by molar-refractivity contribution is -0.130. The number of carbonyl (C=O) groups is 1. The van der Waals surface area contributed by atoms with E-state index in [4.69, 9.17) is 16.6 Å². The fourth-order valence-electron chi connectivity index (χ4n) is 4.97. The smallest absolute Gasteiger partial charge is 0.267 e. The molecule has 0 bridgehead atoms. The molecule has 1 aliphatic heterocycles. The molecule has 0 radical (unpaired) electrons. The SMILES string of the molecule is Cc1c(Cl)cccc1-n1c(SCC(=O)N2CCCC(C)C2)nc2sc3c(c2c1=O)CCCC3. The largest absolute Gasteiger partial charge is 0.342 e. The van der Waals surface area contributed by atoms with Crippen molar-refractivity contribution in [2.75, 3.05) is 18.8 Å². The average molecular weight is 502 g/mol. The lowest BCUT2D eigenvalue weighted by Gasteiger charge is -2.30. The molecule has 2 aromatic heterocycles. The maximum absolute atomic E-state index is 13.9. The summed E-state index contributed by atoms with van der Waals surface area (Å²) in [5.74, 6) is 0.919. The molecule has 3 heterocycles. The van der Waals surface area contributed by atoms with Crippen LogP contribution in [0.3, 0.4) is 0 Å². The molecule has 174 valence electrons. The van der Waals surface area contributed by atoms with Crippen LogP contribution in [0.25, 0.3) is 15.9 Å². The highest BCUT2D eigenvalue weighted by Crippen LogP contribution is 2.36. The summed E-state index contributed by atoms with van der Waals surface area (Å²) in [6, 6.07) is 5.60. The normalized spacial score (nSPS) is 18.5. The highest BCUT2D eigenvalue weighted by atomic mass is 35.5. The summed E-state index contributed by atoms with van der Waals surface area (Å²) in [4.78, 5) is 35.9. The molecule has 1 saturated heterocycles. The Balaban J connectivity index is 1.58. The number of hydrogen-bond acceptors (Lipinski definition) is 5. The highest BCUT2D eigenvalue weighted by molar-refractivity contribution is 7.99. The molecule has 3 aromatic rings. The number of thiophene rings is 1. The van der Waals surface area contributed by atoms with E-state index in [-0.39, 0.29) is 17.2 Å². The summed E-state index contributed by atoms with van der Waals surface area (Å²) in [6.45, 7) is 5.74. The molecule has 0 saturated carbocycles. The number of carbonyl (C=O) groups excluding carboxylic acids is 1. The zero-order valence-corrected chi connectivity index (χ0v) is 21.4. The number of amides is 1. The van der Waals surface area contributed by atoms with Gasteiger partial charge in [-0.25, -0.2) is 4.98 Å². The second-order valence-corrected chi connectivity index (χ2v) is 11.6. The number of aryl methyl sites for hydroxylation is 2. The predicted octanol–water partition coefficient (Wildman–Crippen LogP) is 5.64. The Kier molecular flexibility index (Phi) is 6.56. The van der Waals surface area contributed by atoms with Crippen molar-refractivity contribution in [1.29, 1.82) is 0 Å². The van der Waals surface area contributed by atoms with Crippen LogP contribution in [0.1, 0.15) is 48.6 Å². The van der Waals surface area contributed by atoms with Crippen molar-refractivity contribution >= 4 is 50.8 Å². The van der Waals surface area contributed by atoms with Gasteiger partial charge in [-0.2, -0.15) is 0 Å². The minimum Gasteiger partial charge on any atom is -0.342 e. The second-order valence-electron chi connectivity index (χ2n) is 9.19. The maximum atomic E-state index is 13.9. The van der Waals surface area contributed by atoms with Crippen LogP contribution in [0, 0.1) is 12.8 Å². The van der Waals surface area contributed by atoms with Crippen molar-refractivity contribution in [2.45, 2.75) is 57.5 Å². The van der Waals surface area contributed by atoms with Crippen LogP contribution in [0.4, 0.5) is 0 Å². The van der Waals surface area contributed by atoms with E-state index in [1.165, 1.54) is 28.6 Å². The topological polar surface area (TPSA) is 55.2 Å². The molecule has 0 N–H and O–H groups in total. The van der Waals surface area contributed by atoms with Crippen molar-refractivity contribution in [3.63, 3.8) is 0 Å². The molecular weight excluding hydrogens is 474 g/mol. The van der Waals surface area contributed by atoms with Crippen LogP contribution in [0.5, 0.6) is 0 Å². The van der Waals surface area contributed by atoms with E-state index < -0.39 is 0 Å². The molecule has 1 aromatic carbocycles. The van der Waals surface area contributed by atoms with Crippen molar-refractivity contribution in [2.24, 2.45) is 5.92 Å². The first-order valence-corrected chi connectivity index (χ1v) is 13.9. The van der Waals surface area contributed by atoms with Crippen molar-refractivity contribution in [3.05, 3.63) is 49.6 Å². The molecule has 1 aliphatic carbocycles. The number of hydrogen-bond donors (Lipinski definition) is 0. The summed E-state index contributed by atoms with van der Waals surface area (Å²) < 4.78 is 1.68. The molecule has 1 atom stereocenters. The molecular formula is C25H28ClN3O2S2. The zero-order valence-electron chi connectivity index (χ0n) is 19.0. The number of thioether (sulfide) groups is 1. The molecule has 1 unspecified atom stereocenters. The Morgan fingerprint density at radius 2 is 2.09 bits per heavy atom. The van der Waals surface area contributed by atoms with E-state index in [9.17, 15) is 9.59 Å². The average Bonchev–Trinajstić information content (AvgIpc) is 3.18. The molecule has 0 spiro atoms. The maximum Gasteiger partial charge on any atom is 0.267 e. The van der Waals surface area contributed by atoms with E-state index in [2.05, 4.69) is 6.92 Å². The predicted molar refractivity (Wildman–Crippen MR) is 137 cm³/mol. The standard InChI is InChI=1S/C25H28ClN3O2S2/c1-15-7-6-12-28(13-15)21(30)14-32-25-27-23-22(17-8-3-4-11-20(17)33-23)24(31)29(25)19-10-5-9-18(26)16(19)2/h5,9-10,15H,3-4,6-8,11-14H2,1-2H3. The number of benzene rings is 1. The van der Waals surface area contributed by atoms with E-state index in [1.807, 2.05) is 30.0 Å². The first-order chi connectivity index (χ1) is 15.9. The molecule has 8 heteroatoms. The van der Waals surface area contributed by atoms with Gasteiger partial charge in [0.2, 0.25) is 5.91 Å². The number of nitrogens with zero attached hydrogens (tertiary/aromatic N) is 3. The summed E-state index contributed by atoms with van der Waals surface area (Å²) in [7, 11) is 0. The molecule has 1 fully saturated rings. The van der Waals surface area contributed by atoms with Crippen molar-refractivity contribution in [1.82, 2.24) is 14.5 Å². The van der Waals surface area contributed by atoms with Gasteiger partial charge in [0.25, 0.3) is 5.56 Å². The number of piperidine rings is 1. The van der Waals surface area contributed by atoms with Gasteiger partial charge in [0.15, 0.2) is 5.16 Å². The van der Waals surface area contributed by atoms with E-state index in [1.54, 1.807) is 15.9 Å². The monoisotopic (exact) mass is 501 g/mol. The lowest BCUT2D eigenvalue weighted by atomic mass is 9.97. The van der Waals surface area contributed by atoms with Gasteiger partial charge in [0, 0.05) is 23.0 Å². The number of rotatable bonds is 4. The Morgan fingerprint density at radius 1 is 1.27 bits per heavy atom. The van der Waals surface area contributed by atoms with E-state index >= 15 is 0 Å². The van der Waals surface area contributed by atoms with Gasteiger partial charge in [0.05, 0.1) is 16.8 Å². The number of aromatic nitrogens is 2. The van der Waals surface area contributed by atoms with Gasteiger partial charge in [-0.3, -0.25) is 14.2 Å². The van der Waals surface area contributed by atoms with Gasteiger partial charge in [-0.05, 0) is 74.6 Å². The van der Waals surface area contributed by atoms with Crippen molar-refractivity contribution in [3.8, 4) is 5.69 Å². The zero-order chi connectivity index (χ0) is 23.1. The molecule has 5 rings (SSSR count). The first kappa shape index (κ1) is 22.9. The Labute approximate surface area is 207 Å². The minimum absolute atomic E-state index is 0.0497. The van der Waals surface area contributed by atoms with Crippen LogP contribution in [-0.2, 0) is 17.6 Å². The van der Waals surface area contributed by atoms with Crippen LogP contribution in [-0.4, -0.2) is 39.2 Å². The third kappa shape index (κ3) is 4.35. The first-order valence-electron chi connectivity index (χ1n) is 11.7. The Bertz CT molecular complexity index is 1280. The number of halogens is 1. The van der Waals surface area contributed by atoms with Crippen LogP contribution in [0.2, 0.25) is 5.02 Å². The summed E-state index contributed by atoms with van der Waals surface area (Å²) in [6.07, 6.45) is 6.43. The van der Waals surface area contributed by atoms with Crippen LogP contribution < -0.4 is 5.56 Å². The number of likely N-dealkylation sites (tertiary alicyclic amines) is 1. The van der Waals surface area contributed by atoms with Crippen LogP contribution in [0.15, 0.2) is 28.2 Å². The molecule has 5 nitrogen and oxygen atoms in total. The third-order valence-corrected chi connectivity index (χ3v) is 9.29. The Morgan fingerprint density at radius 3 is 2.91 bits per heavy atom. The van der Waals surface area contributed by atoms with Gasteiger partial charge < -0.3 is 4.90 Å². The van der Waals surface area contributed by atoms with Gasteiger partial charge in [-0.1, -0.05) is 36.4 Å². The van der Waals surface area contributed by atoms with Crippen molar-refractivity contribution < 1.29 is 4.79 Å². The lowest BCUT2D eigenvalue weighted by Crippen LogP contribution is -2.40. The fourth-order valence-corrected chi connectivity index (χ4v) is 7.35. The summed E-state index contributed by atoms with van der Waals surface area (Å²) >= 11 is 9.42. The van der Waals surface area contributed by atoms with E-state index in [0.717, 1.165) is 66.7 Å². The molecule has 1 amide bonds. The minimum atomic E-state index is -0.0497. The van der Waals surface area contributed by atoms with Gasteiger partial charge in [0.1, 0.15) is 4.83 Å². The highest BCUT2D eigenvalue weighted by Gasteiger charge is 2.25. The molecule has 33 heavy (non-hydrogen) atoms. The number of fused-ring (bicyclic) bond motifs is 3. The van der Waals surface area contributed by atoms with Crippen LogP contribution >= 0.6 is 34.7 Å². The quantitative estimate of drug-likeness (QED) is 0.343. The van der Waals surface area contributed by atoms with Gasteiger partial charge >= 0.3 is 0 Å². The Hall–Kier alpha value is -1.83. The molecule has 2 aliphatic rings. The summed E-state index contributed by atoms with van der Waals surface area (Å²) in [5.41, 5.74) is 2.69. The summed E-state index contributed by atoms with van der Waals surface area (Å²) in [5, 5.41) is 1.92. The van der Waals surface area contributed by atoms with Gasteiger partial charge in [-0.15, -0.1) is 11.3 Å². The van der Waals surface area contributed by atoms with E-state index in [0.29, 0.717) is 16.1 Å². The second kappa shape index (κ2) is 9.43. The third-order valence-electron chi connectivity index (χ3n) is 6.77.